The Balaban J connectivity index is 1.32. The van der Waals surface area contributed by atoms with Crippen LogP contribution in [0.1, 0.15) is 13.8 Å². The normalized spacial score (nSPS) is 12.2. The lowest BCUT2D eigenvalue weighted by Gasteiger charge is -2.26. The molecule has 0 saturated heterocycles. The summed E-state index contributed by atoms with van der Waals surface area (Å²) in [5.41, 5.74) is 6.13. The number of rotatable bonds is 16. The van der Waals surface area contributed by atoms with E-state index in [1.165, 1.54) is 14.1 Å². The fourth-order valence-electron chi connectivity index (χ4n) is 7.67. The summed E-state index contributed by atoms with van der Waals surface area (Å²) in [6.45, 7) is 6.04. The van der Waals surface area contributed by atoms with Crippen LogP contribution in [0.25, 0.3) is 33.4 Å². The van der Waals surface area contributed by atoms with Crippen molar-refractivity contribution in [3.05, 3.63) is 187 Å². The van der Waals surface area contributed by atoms with Crippen LogP contribution in [0.2, 0.25) is 0 Å². The second-order valence-electron chi connectivity index (χ2n) is 14.2. The maximum atomic E-state index is 14.4. The Hall–Kier alpha value is -5.58. The molecule has 0 spiro atoms. The molecule has 1 aliphatic heterocycles. The minimum absolute atomic E-state index is 0.281. The van der Waals surface area contributed by atoms with Gasteiger partial charge in [0, 0.05) is 92.9 Å². The van der Waals surface area contributed by atoms with Crippen LogP contribution in [-0.4, -0.2) is 50.4 Å². The molecule has 0 unspecified atom stereocenters. The van der Waals surface area contributed by atoms with E-state index in [9.17, 15) is 8.42 Å². The molecule has 0 bridgehead atoms. The van der Waals surface area contributed by atoms with Crippen molar-refractivity contribution in [1.29, 1.82) is 0 Å². The summed E-state index contributed by atoms with van der Waals surface area (Å²) in [5.74, 6) is 2.41. The van der Waals surface area contributed by atoms with Crippen molar-refractivity contribution >= 4 is 61.6 Å². The van der Waals surface area contributed by atoms with Gasteiger partial charge in [-0.1, -0.05) is 105 Å². The summed E-state index contributed by atoms with van der Waals surface area (Å²) in [5, 5.41) is 1.83. The van der Waals surface area contributed by atoms with E-state index in [1.807, 2.05) is 79.8 Å². The Morgan fingerprint density at radius 1 is 0.583 bits per heavy atom. The molecule has 0 N–H and O–H groups in total. The molecule has 0 atom stereocenters. The van der Waals surface area contributed by atoms with Gasteiger partial charge in [-0.2, -0.15) is 8.88 Å². The van der Waals surface area contributed by atoms with E-state index in [-0.39, 0.29) is 4.90 Å². The van der Waals surface area contributed by atoms with Crippen LogP contribution < -0.4 is 14.8 Å². The maximum Gasteiger partial charge on any atom is 0.243 e. The topological polar surface area (TPSA) is 56.8 Å². The highest BCUT2D eigenvalue weighted by molar-refractivity contribution is 7.99. The number of sulfonamides is 1. The van der Waals surface area contributed by atoms with E-state index in [0.717, 1.165) is 63.5 Å². The number of anilines is 2. The van der Waals surface area contributed by atoms with E-state index in [0.29, 0.717) is 30.0 Å². The summed E-state index contributed by atoms with van der Waals surface area (Å²) in [7, 11) is -3.82. The molecule has 6 aromatic rings. The molecular weight excluding hydrogens is 799 g/mol. The number of fused-ring (bicyclic) bond motifs is 2. The zero-order valence-corrected chi connectivity index (χ0v) is 36.3. The van der Waals surface area contributed by atoms with Crippen molar-refractivity contribution in [3.8, 4) is 22.5 Å². The number of nitrogens with zero attached hydrogens (tertiary/aromatic N) is 3. The van der Waals surface area contributed by atoms with Gasteiger partial charge < -0.3 is 9.32 Å². The Bertz CT molecular complexity index is 2810. The van der Waals surface area contributed by atoms with E-state index in [2.05, 4.69) is 143 Å². The molecule has 302 valence electrons. The number of para-hydroxylation sites is 2. The zero-order valence-electron chi connectivity index (χ0n) is 33.9. The van der Waals surface area contributed by atoms with Gasteiger partial charge in [-0.05, 0) is 60.7 Å². The molecule has 2 aliphatic rings. The molecule has 0 fully saturated rings. The standard InChI is InChI=1S/C51H48N3O3S3/c1-3-52(4-2)60(55,56)50-28-18-17-27-47(50)51-45-31-29-41(53(39-19-9-5-10-20-39)33-35-58-43-23-13-7-14-24-43)37-48(45)57-49-38-42(30-32-46(49)51)54(40-21-11-6-12-22-40)34-36-59-44-25-15-8-16-26-44/h5-32,37-38H,3-4,33-36H2,1-2H3/q+1. The highest BCUT2D eigenvalue weighted by atomic mass is 32.2. The van der Waals surface area contributed by atoms with Gasteiger partial charge in [-0.25, -0.2) is 8.42 Å². The number of hydrogen-bond donors (Lipinski definition) is 0. The molecule has 0 amide bonds. The van der Waals surface area contributed by atoms with E-state index >= 15 is 0 Å². The van der Waals surface area contributed by atoms with Crippen molar-refractivity contribution in [1.82, 2.24) is 8.88 Å². The van der Waals surface area contributed by atoms with Crippen LogP contribution in [0, 0.1) is 0 Å². The van der Waals surface area contributed by atoms with E-state index in [4.69, 9.17) is 4.42 Å². The maximum absolute atomic E-state index is 14.4. The smallest absolute Gasteiger partial charge is 0.243 e. The third-order valence-electron chi connectivity index (χ3n) is 10.6. The lowest BCUT2D eigenvalue weighted by Crippen LogP contribution is -2.31. The van der Waals surface area contributed by atoms with Crippen molar-refractivity contribution in [2.45, 2.75) is 28.5 Å². The first-order valence-electron chi connectivity index (χ1n) is 20.4. The SMILES string of the molecule is CCN(CC)S(=O)(=O)c1ccccc1-c1c2ccc(=[N+](CCSc3ccccc3)c3ccccc3)cc-2oc2cc(N(CCSc3ccccc3)c3ccccc3)ccc12. The highest BCUT2D eigenvalue weighted by Gasteiger charge is 2.29. The minimum Gasteiger partial charge on any atom is -0.456 e. The van der Waals surface area contributed by atoms with Crippen molar-refractivity contribution in [2.24, 2.45) is 0 Å². The third-order valence-corrected chi connectivity index (χ3v) is 14.7. The Labute approximate surface area is 362 Å². The van der Waals surface area contributed by atoms with Crippen molar-refractivity contribution in [2.75, 3.05) is 42.6 Å². The molecule has 8 rings (SSSR count). The summed E-state index contributed by atoms with van der Waals surface area (Å²) in [6, 6.07) is 61.9. The zero-order chi connectivity index (χ0) is 41.3. The van der Waals surface area contributed by atoms with E-state index in [1.54, 1.807) is 6.07 Å². The van der Waals surface area contributed by atoms with Gasteiger partial charge in [-0.15, -0.1) is 23.5 Å². The van der Waals surface area contributed by atoms with Gasteiger partial charge in [0.2, 0.25) is 21.1 Å². The highest BCUT2D eigenvalue weighted by Crippen LogP contribution is 2.44. The predicted molar refractivity (Wildman–Crippen MR) is 252 cm³/mol. The quantitative estimate of drug-likeness (QED) is 0.0548. The predicted octanol–water partition coefficient (Wildman–Crippen LogP) is 12.1. The first-order valence-corrected chi connectivity index (χ1v) is 23.8. The summed E-state index contributed by atoms with van der Waals surface area (Å²) < 4.78 is 39.6. The lowest BCUT2D eigenvalue weighted by atomic mass is 9.93. The van der Waals surface area contributed by atoms with Gasteiger partial charge in [0.1, 0.15) is 11.3 Å². The minimum atomic E-state index is -3.82. The Morgan fingerprint density at radius 3 is 1.85 bits per heavy atom. The first kappa shape index (κ1) is 41.2. The van der Waals surface area contributed by atoms with Crippen molar-refractivity contribution in [3.63, 3.8) is 0 Å². The number of benzene rings is 7. The van der Waals surface area contributed by atoms with Crippen LogP contribution >= 0.6 is 23.5 Å². The summed E-state index contributed by atoms with van der Waals surface area (Å²) in [4.78, 5) is 5.06. The molecule has 0 radical (unpaired) electrons. The Kier molecular flexibility index (Phi) is 13.2. The van der Waals surface area contributed by atoms with Crippen LogP contribution in [0.15, 0.2) is 201 Å². The van der Waals surface area contributed by atoms with Crippen LogP contribution in [0.3, 0.4) is 0 Å². The van der Waals surface area contributed by atoms with E-state index < -0.39 is 10.0 Å². The summed E-state index contributed by atoms with van der Waals surface area (Å²) in [6.07, 6.45) is 0. The number of hydrogen-bond acceptors (Lipinski definition) is 6. The molecule has 1 aliphatic carbocycles. The van der Waals surface area contributed by atoms with Crippen LogP contribution in [0.4, 0.5) is 17.1 Å². The average molecular weight is 847 g/mol. The molecule has 9 heteroatoms. The molecule has 60 heavy (non-hydrogen) atoms. The number of thioether (sulfide) groups is 2. The third kappa shape index (κ3) is 9.10. The van der Waals surface area contributed by atoms with Crippen molar-refractivity contribution < 1.29 is 12.8 Å². The Morgan fingerprint density at radius 2 is 1.18 bits per heavy atom. The fraction of sp³-hybridized carbons (Fsp3) is 0.157. The van der Waals surface area contributed by atoms with Gasteiger partial charge in [0.15, 0.2) is 6.54 Å². The van der Waals surface area contributed by atoms with Gasteiger partial charge in [0.25, 0.3) is 0 Å². The lowest BCUT2D eigenvalue weighted by molar-refractivity contribution is 0.445. The largest absolute Gasteiger partial charge is 0.456 e. The van der Waals surface area contributed by atoms with Gasteiger partial charge >= 0.3 is 0 Å². The molecule has 1 heterocycles. The monoisotopic (exact) mass is 846 g/mol. The second-order valence-corrected chi connectivity index (χ2v) is 18.5. The molecule has 0 aromatic heterocycles. The second kappa shape index (κ2) is 19.2. The average Bonchev–Trinajstić information content (AvgIpc) is 3.30. The van der Waals surface area contributed by atoms with Gasteiger partial charge in [0.05, 0.1) is 16.7 Å². The fourth-order valence-corrected chi connectivity index (χ4v) is 11.0. The van der Waals surface area contributed by atoms with Gasteiger partial charge in [-0.3, -0.25) is 0 Å². The molecular formula is C51H48N3O3S3+. The summed E-state index contributed by atoms with van der Waals surface area (Å²) >= 11 is 3.66. The van der Waals surface area contributed by atoms with Crippen LogP contribution in [0.5, 0.6) is 0 Å². The molecule has 0 saturated carbocycles. The first-order chi connectivity index (χ1) is 29.4. The molecule has 6 nitrogen and oxygen atoms in total. The molecule has 6 aromatic carbocycles. The van der Waals surface area contributed by atoms with Crippen LogP contribution in [-0.2, 0) is 10.0 Å².